The average molecular weight is 393 g/mol. The number of methoxy groups -OCH3 is 3. The summed E-state index contributed by atoms with van der Waals surface area (Å²) in [6, 6.07) is 16.0. The van der Waals surface area contributed by atoms with Crippen LogP contribution in [0.5, 0.6) is 17.2 Å². The van der Waals surface area contributed by atoms with Gasteiger partial charge in [0.15, 0.2) is 17.3 Å². The lowest BCUT2D eigenvalue weighted by atomic mass is 10.2. The molecule has 0 saturated carbocycles. The summed E-state index contributed by atoms with van der Waals surface area (Å²) in [5.74, 6) is 2.42. The van der Waals surface area contributed by atoms with Crippen LogP contribution in [0.1, 0.15) is 0 Å². The smallest absolute Gasteiger partial charge is 0.203 e. The quantitative estimate of drug-likeness (QED) is 0.490. The van der Waals surface area contributed by atoms with E-state index in [1.165, 1.54) is 0 Å². The molecule has 2 aromatic carbocycles. The van der Waals surface area contributed by atoms with Gasteiger partial charge in [0, 0.05) is 22.7 Å². The van der Waals surface area contributed by atoms with Crippen molar-refractivity contribution >= 4 is 33.1 Å². The lowest BCUT2D eigenvalue weighted by Gasteiger charge is -2.15. The van der Waals surface area contributed by atoms with Crippen molar-refractivity contribution in [2.24, 2.45) is 0 Å². The third kappa shape index (κ3) is 3.32. The van der Waals surface area contributed by atoms with E-state index in [1.807, 2.05) is 30.3 Å². The second-order valence-corrected chi connectivity index (χ2v) is 7.00. The highest BCUT2D eigenvalue weighted by molar-refractivity contribution is 7.22. The number of anilines is 2. The first-order valence-electron chi connectivity index (χ1n) is 8.60. The van der Waals surface area contributed by atoms with Crippen LogP contribution < -0.4 is 19.5 Å². The van der Waals surface area contributed by atoms with Crippen molar-refractivity contribution in [3.05, 3.63) is 54.9 Å². The van der Waals surface area contributed by atoms with Gasteiger partial charge in [-0.3, -0.25) is 0 Å². The van der Waals surface area contributed by atoms with Crippen molar-refractivity contribution in [1.29, 1.82) is 0 Å². The zero-order valence-corrected chi connectivity index (χ0v) is 16.5. The minimum Gasteiger partial charge on any atom is -0.493 e. The average Bonchev–Trinajstić information content (AvgIpc) is 3.19. The molecule has 142 valence electrons. The number of nitrogens with zero attached hydrogens (tertiary/aromatic N) is 2. The molecule has 0 unspecified atom stereocenters. The Kier molecular flexibility index (Phi) is 4.99. The minimum atomic E-state index is 0.547. The maximum Gasteiger partial charge on any atom is 0.203 e. The number of thiophene rings is 1. The fourth-order valence-electron chi connectivity index (χ4n) is 2.98. The number of benzene rings is 2. The second-order valence-electron chi connectivity index (χ2n) is 5.95. The monoisotopic (exact) mass is 393 g/mol. The van der Waals surface area contributed by atoms with Gasteiger partial charge in [-0.2, -0.15) is 0 Å². The summed E-state index contributed by atoms with van der Waals surface area (Å²) in [7, 11) is 4.77. The van der Waals surface area contributed by atoms with E-state index in [9.17, 15) is 0 Å². The van der Waals surface area contributed by atoms with E-state index >= 15 is 0 Å². The maximum absolute atomic E-state index is 5.43. The van der Waals surface area contributed by atoms with Gasteiger partial charge in [0.05, 0.1) is 31.5 Å². The van der Waals surface area contributed by atoms with Gasteiger partial charge in [0.25, 0.3) is 0 Å². The summed E-state index contributed by atoms with van der Waals surface area (Å²) in [4.78, 5) is 10.00. The third-order valence-electron chi connectivity index (χ3n) is 4.30. The molecule has 0 bridgehead atoms. The van der Waals surface area contributed by atoms with E-state index in [-0.39, 0.29) is 0 Å². The fourth-order valence-corrected chi connectivity index (χ4v) is 4.04. The normalized spacial score (nSPS) is 10.7. The molecule has 0 aliphatic rings. The molecule has 0 saturated heterocycles. The first kappa shape index (κ1) is 18.1. The van der Waals surface area contributed by atoms with Crippen LogP contribution in [0, 0.1) is 0 Å². The van der Waals surface area contributed by atoms with Gasteiger partial charge in [-0.15, -0.1) is 11.3 Å². The van der Waals surface area contributed by atoms with Crippen LogP contribution in [0.25, 0.3) is 20.7 Å². The molecule has 0 spiro atoms. The van der Waals surface area contributed by atoms with Gasteiger partial charge in [-0.1, -0.05) is 30.3 Å². The molecule has 1 N–H and O–H groups in total. The highest BCUT2D eigenvalue weighted by Gasteiger charge is 2.15. The Labute approximate surface area is 166 Å². The molecule has 0 amide bonds. The van der Waals surface area contributed by atoms with Crippen LogP contribution >= 0.6 is 11.3 Å². The molecule has 0 aliphatic carbocycles. The topological polar surface area (TPSA) is 65.5 Å². The Balaban J connectivity index is 1.75. The first-order chi connectivity index (χ1) is 13.7. The number of aromatic nitrogens is 2. The number of fused-ring (bicyclic) bond motifs is 1. The molecule has 2 aromatic heterocycles. The summed E-state index contributed by atoms with van der Waals surface area (Å²) in [6.45, 7) is 0. The molecule has 4 rings (SSSR count). The number of nitrogens with one attached hydrogen (secondary N) is 1. The standard InChI is InChI=1S/C21H19N3O3S/c1-25-16-9-14(10-17(26-2)19(16)27-3)24-21-20-15(22-12-23-21)11-18(28-20)13-7-5-4-6-8-13/h4-12H,1-3H3,(H,22,23,24). The van der Waals surface area contributed by atoms with Crippen molar-refractivity contribution in [2.45, 2.75) is 0 Å². The van der Waals surface area contributed by atoms with Crippen LogP contribution in [0.4, 0.5) is 11.5 Å². The van der Waals surface area contributed by atoms with Crippen molar-refractivity contribution in [2.75, 3.05) is 26.6 Å². The van der Waals surface area contributed by atoms with Gasteiger partial charge in [0.2, 0.25) is 5.75 Å². The molecule has 28 heavy (non-hydrogen) atoms. The Morgan fingerprint density at radius 1 is 0.857 bits per heavy atom. The Morgan fingerprint density at radius 2 is 1.57 bits per heavy atom. The van der Waals surface area contributed by atoms with E-state index in [2.05, 4.69) is 33.5 Å². The van der Waals surface area contributed by atoms with Crippen LogP contribution in [0.3, 0.4) is 0 Å². The molecule has 0 atom stereocenters. The molecule has 0 aliphatic heterocycles. The van der Waals surface area contributed by atoms with Crippen molar-refractivity contribution in [3.63, 3.8) is 0 Å². The lowest BCUT2D eigenvalue weighted by Crippen LogP contribution is -1.99. The van der Waals surface area contributed by atoms with E-state index in [0.717, 1.165) is 32.2 Å². The van der Waals surface area contributed by atoms with E-state index in [1.54, 1.807) is 39.0 Å². The summed E-state index contributed by atoms with van der Waals surface area (Å²) in [6.07, 6.45) is 1.56. The largest absolute Gasteiger partial charge is 0.493 e. The zero-order valence-electron chi connectivity index (χ0n) is 15.7. The molecule has 2 heterocycles. The van der Waals surface area contributed by atoms with Crippen LogP contribution in [-0.4, -0.2) is 31.3 Å². The van der Waals surface area contributed by atoms with E-state index in [4.69, 9.17) is 14.2 Å². The third-order valence-corrected chi connectivity index (χ3v) is 5.48. The number of hydrogen-bond acceptors (Lipinski definition) is 7. The predicted octanol–water partition coefficient (Wildman–Crippen LogP) is 5.13. The molecule has 0 fully saturated rings. The van der Waals surface area contributed by atoms with Crippen LogP contribution in [-0.2, 0) is 0 Å². The molecule has 6 nitrogen and oxygen atoms in total. The number of rotatable bonds is 6. The SMILES string of the molecule is COc1cc(Nc2ncnc3cc(-c4ccccc4)sc23)cc(OC)c1OC. The number of hydrogen-bond donors (Lipinski definition) is 1. The minimum absolute atomic E-state index is 0.547. The highest BCUT2D eigenvalue weighted by Crippen LogP contribution is 2.42. The van der Waals surface area contributed by atoms with Crippen LogP contribution in [0.15, 0.2) is 54.9 Å². The Bertz CT molecular complexity index is 1090. The lowest BCUT2D eigenvalue weighted by molar-refractivity contribution is 0.324. The maximum atomic E-state index is 5.43. The van der Waals surface area contributed by atoms with Crippen LogP contribution in [0.2, 0.25) is 0 Å². The van der Waals surface area contributed by atoms with Gasteiger partial charge in [0.1, 0.15) is 6.33 Å². The summed E-state index contributed by atoms with van der Waals surface area (Å²) in [5, 5.41) is 3.36. The van der Waals surface area contributed by atoms with Crippen molar-refractivity contribution in [1.82, 2.24) is 9.97 Å². The van der Waals surface area contributed by atoms with Gasteiger partial charge >= 0.3 is 0 Å². The summed E-state index contributed by atoms with van der Waals surface area (Å²) < 4.78 is 17.2. The van der Waals surface area contributed by atoms with Gasteiger partial charge in [-0.25, -0.2) is 9.97 Å². The Morgan fingerprint density at radius 3 is 2.21 bits per heavy atom. The Hall–Kier alpha value is -3.32. The molecule has 0 radical (unpaired) electrons. The molecule has 4 aromatic rings. The molecular formula is C21H19N3O3S. The van der Waals surface area contributed by atoms with Gasteiger partial charge in [-0.05, 0) is 11.6 Å². The molecule has 7 heteroatoms. The number of ether oxygens (including phenoxy) is 3. The van der Waals surface area contributed by atoms with Gasteiger partial charge < -0.3 is 19.5 Å². The van der Waals surface area contributed by atoms with Crippen molar-refractivity contribution < 1.29 is 14.2 Å². The second kappa shape index (κ2) is 7.74. The highest BCUT2D eigenvalue weighted by atomic mass is 32.1. The van der Waals surface area contributed by atoms with Crippen molar-refractivity contribution in [3.8, 4) is 27.7 Å². The predicted molar refractivity (Wildman–Crippen MR) is 112 cm³/mol. The van der Waals surface area contributed by atoms with E-state index in [0.29, 0.717) is 17.2 Å². The zero-order chi connectivity index (χ0) is 19.5. The van der Waals surface area contributed by atoms with E-state index < -0.39 is 0 Å². The molecular weight excluding hydrogens is 374 g/mol. The summed E-state index contributed by atoms with van der Waals surface area (Å²) >= 11 is 1.65. The fraction of sp³-hybridized carbons (Fsp3) is 0.143. The first-order valence-corrected chi connectivity index (χ1v) is 9.42. The summed E-state index contributed by atoms with van der Waals surface area (Å²) in [5.41, 5.74) is 2.84.